The van der Waals surface area contributed by atoms with Crippen LogP contribution in [0.1, 0.15) is 16.1 Å². The van der Waals surface area contributed by atoms with Crippen molar-refractivity contribution in [2.45, 2.75) is 0 Å². The molecule has 5 nitrogen and oxygen atoms in total. The summed E-state index contributed by atoms with van der Waals surface area (Å²) in [6, 6.07) is 18.8. The minimum Gasteiger partial charge on any atom is -0.477 e. The number of carboxylic acids is 1. The van der Waals surface area contributed by atoms with Gasteiger partial charge in [0.1, 0.15) is 17.2 Å². The van der Waals surface area contributed by atoms with Crippen LogP contribution in [0.2, 0.25) is 5.02 Å². The molecule has 0 aliphatic rings. The number of furan rings is 1. The van der Waals surface area contributed by atoms with Crippen molar-refractivity contribution in [3.63, 3.8) is 0 Å². The van der Waals surface area contributed by atoms with Crippen molar-refractivity contribution < 1.29 is 19.1 Å². The molecule has 0 atom stereocenters. The highest BCUT2D eigenvalue weighted by atomic mass is 35.5. The fourth-order valence-electron chi connectivity index (χ4n) is 2.30. The van der Waals surface area contributed by atoms with Gasteiger partial charge in [-0.1, -0.05) is 41.9 Å². The van der Waals surface area contributed by atoms with E-state index in [0.717, 1.165) is 5.56 Å². The predicted octanol–water partition coefficient (Wildman–Crippen LogP) is 4.46. The summed E-state index contributed by atoms with van der Waals surface area (Å²) < 4.78 is 5.64. The average Bonchev–Trinajstić information content (AvgIpc) is 3.10. The molecular weight excluding hydrogens is 354 g/mol. The molecule has 2 aromatic carbocycles. The number of carbonyl (C=O) groups is 2. The molecule has 0 saturated carbocycles. The van der Waals surface area contributed by atoms with E-state index in [2.05, 4.69) is 5.32 Å². The summed E-state index contributed by atoms with van der Waals surface area (Å²) in [5.74, 6) is -0.945. The highest BCUT2D eigenvalue weighted by Gasteiger charge is 2.14. The number of carboxylic acid groups (broad SMARTS) is 1. The first-order valence-electron chi connectivity index (χ1n) is 7.70. The molecular formula is C20H14ClNO4. The Morgan fingerprint density at radius 1 is 1.00 bits per heavy atom. The molecule has 1 aromatic heterocycles. The van der Waals surface area contributed by atoms with Crippen molar-refractivity contribution in [2.75, 3.05) is 0 Å². The molecule has 130 valence electrons. The average molecular weight is 368 g/mol. The summed E-state index contributed by atoms with van der Waals surface area (Å²) in [4.78, 5) is 23.6. The van der Waals surface area contributed by atoms with Gasteiger partial charge in [0.2, 0.25) is 0 Å². The van der Waals surface area contributed by atoms with Gasteiger partial charge in [-0.2, -0.15) is 0 Å². The lowest BCUT2D eigenvalue weighted by molar-refractivity contribution is -0.132. The van der Waals surface area contributed by atoms with Crippen LogP contribution in [0.5, 0.6) is 0 Å². The van der Waals surface area contributed by atoms with E-state index in [9.17, 15) is 14.7 Å². The van der Waals surface area contributed by atoms with Gasteiger partial charge >= 0.3 is 5.97 Å². The Hall–Kier alpha value is -3.31. The number of aliphatic carboxylic acids is 1. The summed E-state index contributed by atoms with van der Waals surface area (Å²) in [6.45, 7) is 0. The second-order valence-electron chi connectivity index (χ2n) is 5.40. The van der Waals surface area contributed by atoms with Crippen LogP contribution in [0.3, 0.4) is 0 Å². The van der Waals surface area contributed by atoms with E-state index in [1.165, 1.54) is 6.08 Å². The first kappa shape index (κ1) is 17.5. The molecule has 0 bridgehead atoms. The molecule has 0 unspecified atom stereocenters. The summed E-state index contributed by atoms with van der Waals surface area (Å²) in [7, 11) is 0. The minimum atomic E-state index is -1.27. The van der Waals surface area contributed by atoms with Gasteiger partial charge in [-0.3, -0.25) is 4.79 Å². The number of amides is 1. The van der Waals surface area contributed by atoms with Crippen molar-refractivity contribution in [3.8, 4) is 11.3 Å². The topological polar surface area (TPSA) is 79.5 Å². The Bertz CT molecular complexity index is 976. The Labute approximate surface area is 154 Å². The van der Waals surface area contributed by atoms with Crippen LogP contribution < -0.4 is 5.32 Å². The molecule has 26 heavy (non-hydrogen) atoms. The normalized spacial score (nSPS) is 11.2. The molecule has 3 rings (SSSR count). The van der Waals surface area contributed by atoms with Crippen molar-refractivity contribution >= 4 is 29.6 Å². The summed E-state index contributed by atoms with van der Waals surface area (Å²) >= 11 is 5.96. The fraction of sp³-hybridized carbons (Fsp3) is 0. The first-order valence-corrected chi connectivity index (χ1v) is 8.08. The Kier molecular flexibility index (Phi) is 5.20. The zero-order chi connectivity index (χ0) is 18.5. The van der Waals surface area contributed by atoms with Gasteiger partial charge in [-0.25, -0.2) is 4.79 Å². The van der Waals surface area contributed by atoms with Crippen LogP contribution in [0, 0.1) is 0 Å². The zero-order valence-electron chi connectivity index (χ0n) is 13.5. The number of halogens is 1. The second-order valence-corrected chi connectivity index (χ2v) is 5.83. The molecule has 3 aromatic rings. The van der Waals surface area contributed by atoms with Crippen molar-refractivity contribution in [2.24, 2.45) is 0 Å². The SMILES string of the molecule is O=C(O)C(=Cc1ccc(-c2cccc(Cl)c2)o1)NC(=O)c1ccccc1. The second kappa shape index (κ2) is 7.72. The molecule has 0 aliphatic carbocycles. The van der Waals surface area contributed by atoms with Crippen LogP contribution in [0.4, 0.5) is 0 Å². The molecule has 1 heterocycles. The van der Waals surface area contributed by atoms with E-state index in [1.807, 2.05) is 6.07 Å². The van der Waals surface area contributed by atoms with E-state index in [-0.39, 0.29) is 5.70 Å². The first-order chi connectivity index (χ1) is 12.5. The van der Waals surface area contributed by atoms with E-state index in [4.69, 9.17) is 16.0 Å². The minimum absolute atomic E-state index is 0.286. The third-order valence-corrected chi connectivity index (χ3v) is 3.77. The van der Waals surface area contributed by atoms with Crippen molar-refractivity contribution in [1.29, 1.82) is 0 Å². The molecule has 0 fully saturated rings. The number of carbonyl (C=O) groups excluding carboxylic acids is 1. The molecule has 0 aliphatic heterocycles. The number of hydrogen-bond donors (Lipinski definition) is 2. The smallest absolute Gasteiger partial charge is 0.352 e. The van der Waals surface area contributed by atoms with Gasteiger partial charge in [0.05, 0.1) is 0 Å². The van der Waals surface area contributed by atoms with E-state index >= 15 is 0 Å². The van der Waals surface area contributed by atoms with Crippen molar-refractivity contribution in [1.82, 2.24) is 5.32 Å². The molecule has 0 radical (unpaired) electrons. The summed E-state index contributed by atoms with van der Waals surface area (Å²) in [5.41, 5.74) is 0.840. The standard InChI is InChI=1S/C20H14ClNO4/c21-15-8-4-7-14(11-15)18-10-9-16(26-18)12-17(20(24)25)22-19(23)13-5-2-1-3-6-13/h1-12H,(H,22,23)(H,24,25). The van der Waals surface area contributed by atoms with Crippen LogP contribution in [-0.2, 0) is 4.79 Å². The number of rotatable bonds is 5. The van der Waals surface area contributed by atoms with Gasteiger partial charge in [0.25, 0.3) is 5.91 Å². The maximum absolute atomic E-state index is 12.2. The molecule has 0 saturated heterocycles. The summed E-state index contributed by atoms with van der Waals surface area (Å²) in [6.07, 6.45) is 1.26. The molecule has 0 spiro atoms. The molecule has 2 N–H and O–H groups in total. The van der Waals surface area contributed by atoms with Gasteiger partial charge in [-0.05, 0) is 36.4 Å². The fourth-order valence-corrected chi connectivity index (χ4v) is 2.50. The van der Waals surface area contributed by atoms with Gasteiger partial charge < -0.3 is 14.8 Å². The lowest BCUT2D eigenvalue weighted by Gasteiger charge is -2.05. The maximum atomic E-state index is 12.2. The van der Waals surface area contributed by atoms with Gasteiger partial charge in [0, 0.05) is 22.2 Å². The number of benzene rings is 2. The molecule has 6 heteroatoms. The third-order valence-electron chi connectivity index (χ3n) is 3.54. The van der Waals surface area contributed by atoms with Gasteiger partial charge in [0.15, 0.2) is 0 Å². The lowest BCUT2D eigenvalue weighted by Crippen LogP contribution is -2.27. The quantitative estimate of drug-likeness (QED) is 0.653. The predicted molar refractivity (Wildman–Crippen MR) is 98.7 cm³/mol. The highest BCUT2D eigenvalue weighted by Crippen LogP contribution is 2.25. The maximum Gasteiger partial charge on any atom is 0.352 e. The van der Waals surface area contributed by atoms with Crippen LogP contribution in [0.15, 0.2) is 76.8 Å². The van der Waals surface area contributed by atoms with Crippen LogP contribution in [-0.4, -0.2) is 17.0 Å². The monoisotopic (exact) mass is 367 g/mol. The van der Waals surface area contributed by atoms with E-state index < -0.39 is 11.9 Å². The largest absolute Gasteiger partial charge is 0.477 e. The number of nitrogens with one attached hydrogen (secondary N) is 1. The van der Waals surface area contributed by atoms with Crippen molar-refractivity contribution in [3.05, 3.63) is 88.8 Å². The van der Waals surface area contributed by atoms with E-state index in [1.54, 1.807) is 60.7 Å². The molecule has 1 amide bonds. The van der Waals surface area contributed by atoms with E-state index in [0.29, 0.717) is 22.1 Å². The van der Waals surface area contributed by atoms with Gasteiger partial charge in [-0.15, -0.1) is 0 Å². The Balaban J connectivity index is 1.84. The van der Waals surface area contributed by atoms with Crippen LogP contribution >= 0.6 is 11.6 Å². The highest BCUT2D eigenvalue weighted by molar-refractivity contribution is 6.30. The van der Waals surface area contributed by atoms with Crippen LogP contribution in [0.25, 0.3) is 17.4 Å². The lowest BCUT2D eigenvalue weighted by atomic mass is 10.2. The number of hydrogen-bond acceptors (Lipinski definition) is 3. The third kappa shape index (κ3) is 4.20. The Morgan fingerprint density at radius 2 is 1.77 bits per heavy atom. The zero-order valence-corrected chi connectivity index (χ0v) is 14.2. The Morgan fingerprint density at radius 3 is 2.46 bits per heavy atom. The summed E-state index contributed by atoms with van der Waals surface area (Å²) in [5, 5.41) is 12.3.